The van der Waals surface area contributed by atoms with E-state index in [0.717, 1.165) is 33.6 Å². The molecule has 2 aromatic carbocycles. The highest BCUT2D eigenvalue weighted by Gasteiger charge is 2.16. The van der Waals surface area contributed by atoms with Gasteiger partial charge in [0.1, 0.15) is 11.3 Å². The topological polar surface area (TPSA) is 73.0 Å². The first-order valence-corrected chi connectivity index (χ1v) is 10.5. The van der Waals surface area contributed by atoms with Gasteiger partial charge in [0.15, 0.2) is 5.69 Å². The third kappa shape index (κ3) is 4.00. The normalized spacial score (nSPS) is 11.1. The number of fused-ring (bicyclic) bond motifs is 1. The average molecular weight is 443 g/mol. The summed E-state index contributed by atoms with van der Waals surface area (Å²) in [7, 11) is 0. The first kappa shape index (κ1) is 20.0. The molecule has 0 aliphatic rings. The van der Waals surface area contributed by atoms with Gasteiger partial charge in [0.2, 0.25) is 0 Å². The Morgan fingerprint density at radius 3 is 2.62 bits per heavy atom. The van der Waals surface area contributed by atoms with Crippen LogP contribution in [0.25, 0.3) is 22.3 Å². The summed E-state index contributed by atoms with van der Waals surface area (Å²) in [5, 5.41) is 8.88. The lowest BCUT2D eigenvalue weighted by atomic mass is 10.1. The fourth-order valence-corrected chi connectivity index (χ4v) is 3.87. The molecule has 5 aromatic rings. The van der Waals surface area contributed by atoms with E-state index >= 15 is 0 Å². The van der Waals surface area contributed by atoms with E-state index < -0.39 is 0 Å². The zero-order chi connectivity index (χ0) is 22.1. The summed E-state index contributed by atoms with van der Waals surface area (Å²) in [6, 6.07) is 20.9. The summed E-state index contributed by atoms with van der Waals surface area (Å²) in [5.41, 5.74) is 4.50. The van der Waals surface area contributed by atoms with E-state index in [1.807, 2.05) is 55.5 Å². The quantitative estimate of drug-likeness (QED) is 0.365. The first-order valence-electron chi connectivity index (χ1n) is 10.1. The number of furan rings is 1. The molecule has 0 saturated carbocycles. The second-order valence-corrected chi connectivity index (χ2v) is 7.91. The van der Waals surface area contributed by atoms with Gasteiger partial charge in [-0.15, -0.1) is 0 Å². The van der Waals surface area contributed by atoms with Crippen molar-refractivity contribution in [2.45, 2.75) is 13.5 Å². The monoisotopic (exact) mass is 442 g/mol. The summed E-state index contributed by atoms with van der Waals surface area (Å²) >= 11 is 6.39. The van der Waals surface area contributed by atoms with Gasteiger partial charge in [0.25, 0.3) is 5.91 Å². The van der Waals surface area contributed by atoms with Crippen molar-refractivity contribution >= 4 is 34.2 Å². The molecule has 0 unspecified atom stereocenters. The Morgan fingerprint density at radius 1 is 1.06 bits per heavy atom. The molecule has 1 amide bonds. The van der Waals surface area contributed by atoms with Gasteiger partial charge in [-0.25, -0.2) is 0 Å². The van der Waals surface area contributed by atoms with Crippen LogP contribution in [0.2, 0.25) is 5.02 Å². The van der Waals surface area contributed by atoms with Crippen LogP contribution < -0.4 is 5.32 Å². The number of nitrogens with one attached hydrogen (secondary N) is 1. The molecule has 0 fully saturated rings. The van der Waals surface area contributed by atoms with Crippen LogP contribution in [0.4, 0.5) is 5.69 Å². The van der Waals surface area contributed by atoms with E-state index in [-0.39, 0.29) is 5.91 Å². The van der Waals surface area contributed by atoms with Crippen LogP contribution in [0, 0.1) is 6.92 Å². The lowest BCUT2D eigenvalue weighted by Gasteiger charge is -2.06. The summed E-state index contributed by atoms with van der Waals surface area (Å²) in [4.78, 5) is 16.6. The Balaban J connectivity index is 1.45. The van der Waals surface area contributed by atoms with Crippen molar-refractivity contribution in [2.24, 2.45) is 0 Å². The molecule has 5 rings (SSSR count). The Hall–Kier alpha value is -3.90. The number of anilines is 1. The van der Waals surface area contributed by atoms with E-state index in [1.165, 1.54) is 0 Å². The third-order valence-corrected chi connectivity index (χ3v) is 5.41. The number of benzene rings is 2. The second kappa shape index (κ2) is 8.32. The number of aromatic nitrogens is 3. The van der Waals surface area contributed by atoms with Crippen molar-refractivity contribution in [3.8, 4) is 11.3 Å². The summed E-state index contributed by atoms with van der Waals surface area (Å²) in [6.07, 6.45) is 3.24. The molecule has 6 nitrogen and oxygen atoms in total. The van der Waals surface area contributed by atoms with Crippen molar-refractivity contribution in [1.82, 2.24) is 14.8 Å². The molecule has 0 radical (unpaired) electrons. The number of halogens is 1. The molecule has 3 heterocycles. The van der Waals surface area contributed by atoms with E-state index in [0.29, 0.717) is 22.9 Å². The molecule has 1 N–H and O–H groups in total. The van der Waals surface area contributed by atoms with E-state index in [1.54, 1.807) is 35.3 Å². The molecule has 0 aliphatic carbocycles. The van der Waals surface area contributed by atoms with E-state index in [9.17, 15) is 4.79 Å². The summed E-state index contributed by atoms with van der Waals surface area (Å²) in [6.45, 7) is 2.34. The van der Waals surface area contributed by atoms with Crippen molar-refractivity contribution in [2.75, 3.05) is 5.32 Å². The largest absolute Gasteiger partial charge is 0.456 e. The van der Waals surface area contributed by atoms with Crippen LogP contribution in [0.3, 0.4) is 0 Å². The number of nitrogens with zero attached hydrogens (tertiary/aromatic N) is 3. The predicted octanol–water partition coefficient (Wildman–Crippen LogP) is 5.95. The van der Waals surface area contributed by atoms with Crippen LogP contribution in [0.1, 0.15) is 21.7 Å². The van der Waals surface area contributed by atoms with Crippen molar-refractivity contribution in [3.05, 3.63) is 101 Å². The summed E-state index contributed by atoms with van der Waals surface area (Å²) in [5.74, 6) is 0.498. The Kier molecular flexibility index (Phi) is 5.21. The molecular formula is C25H19ClN4O2. The molecule has 0 aliphatic heterocycles. The van der Waals surface area contributed by atoms with Gasteiger partial charge >= 0.3 is 0 Å². The number of amides is 1. The highest BCUT2D eigenvalue weighted by atomic mass is 35.5. The number of carbonyl (C=O) groups excluding carboxylic acids is 1. The third-order valence-electron chi connectivity index (χ3n) is 5.19. The highest BCUT2D eigenvalue weighted by Crippen LogP contribution is 2.32. The molecule has 0 spiro atoms. The molecular weight excluding hydrogens is 424 g/mol. The lowest BCUT2D eigenvalue weighted by molar-refractivity contribution is 0.102. The zero-order valence-electron chi connectivity index (χ0n) is 17.2. The molecule has 158 valence electrons. The standard InChI is InChI=1S/C25H19ClN4O2/c1-16-11-22(25(31)28-21-7-9-27-10-8-21)29-30(16)15-19-13-20(26)12-18-14-23(32-24(18)19)17-5-3-2-4-6-17/h2-14H,15H2,1H3,(H,27,28,31). The smallest absolute Gasteiger partial charge is 0.276 e. The number of hydrogen-bond donors (Lipinski definition) is 1. The van der Waals surface area contributed by atoms with Gasteiger partial charge < -0.3 is 9.73 Å². The Bertz CT molecular complexity index is 1410. The Morgan fingerprint density at radius 2 is 1.84 bits per heavy atom. The number of rotatable bonds is 5. The number of pyridine rings is 1. The molecule has 0 bridgehead atoms. The molecule has 7 heteroatoms. The molecule has 3 aromatic heterocycles. The lowest BCUT2D eigenvalue weighted by Crippen LogP contribution is -2.13. The predicted molar refractivity (Wildman–Crippen MR) is 125 cm³/mol. The number of carbonyl (C=O) groups is 1. The maximum atomic E-state index is 12.6. The van der Waals surface area contributed by atoms with Gasteiger partial charge in [-0.1, -0.05) is 41.9 Å². The van der Waals surface area contributed by atoms with Crippen LogP contribution in [-0.4, -0.2) is 20.7 Å². The number of aryl methyl sites for hydroxylation is 1. The highest BCUT2D eigenvalue weighted by molar-refractivity contribution is 6.31. The molecule has 32 heavy (non-hydrogen) atoms. The minimum atomic E-state index is -0.279. The fraction of sp³-hybridized carbons (Fsp3) is 0.0800. The van der Waals surface area contributed by atoms with Gasteiger partial charge in [-0.3, -0.25) is 14.5 Å². The Labute approximate surface area is 189 Å². The minimum Gasteiger partial charge on any atom is -0.456 e. The van der Waals surface area contributed by atoms with Crippen molar-refractivity contribution in [3.63, 3.8) is 0 Å². The van der Waals surface area contributed by atoms with Gasteiger partial charge in [-0.05, 0) is 43.3 Å². The van der Waals surface area contributed by atoms with Crippen LogP contribution in [0.5, 0.6) is 0 Å². The van der Waals surface area contributed by atoms with Gasteiger partial charge in [0, 0.05) is 45.3 Å². The molecule has 0 atom stereocenters. The fourth-order valence-electron chi connectivity index (χ4n) is 3.62. The van der Waals surface area contributed by atoms with Crippen LogP contribution in [0.15, 0.2) is 83.5 Å². The van der Waals surface area contributed by atoms with Crippen LogP contribution >= 0.6 is 11.6 Å². The first-order chi connectivity index (χ1) is 15.6. The van der Waals surface area contributed by atoms with E-state index in [2.05, 4.69) is 15.4 Å². The minimum absolute atomic E-state index is 0.279. The maximum Gasteiger partial charge on any atom is 0.276 e. The van der Waals surface area contributed by atoms with Crippen molar-refractivity contribution < 1.29 is 9.21 Å². The summed E-state index contributed by atoms with van der Waals surface area (Å²) < 4.78 is 7.98. The average Bonchev–Trinajstić information content (AvgIpc) is 3.39. The van der Waals surface area contributed by atoms with Gasteiger partial charge in [-0.2, -0.15) is 5.10 Å². The maximum absolute atomic E-state index is 12.6. The molecule has 0 saturated heterocycles. The zero-order valence-corrected chi connectivity index (χ0v) is 18.0. The van der Waals surface area contributed by atoms with Crippen LogP contribution in [-0.2, 0) is 6.54 Å². The second-order valence-electron chi connectivity index (χ2n) is 7.48. The van der Waals surface area contributed by atoms with E-state index in [4.69, 9.17) is 16.0 Å². The SMILES string of the molecule is Cc1cc(C(=O)Nc2ccncc2)nn1Cc1cc(Cl)cc2cc(-c3ccccc3)oc12. The van der Waals surface area contributed by atoms with Crippen molar-refractivity contribution in [1.29, 1.82) is 0 Å². The number of hydrogen-bond acceptors (Lipinski definition) is 4. The van der Waals surface area contributed by atoms with Gasteiger partial charge in [0.05, 0.1) is 6.54 Å².